The summed E-state index contributed by atoms with van der Waals surface area (Å²) in [5.41, 5.74) is 8.01. The third-order valence-corrected chi connectivity index (χ3v) is 3.69. The van der Waals surface area contributed by atoms with Crippen LogP contribution in [0.1, 0.15) is 0 Å². The fourth-order valence-corrected chi connectivity index (χ4v) is 2.58. The minimum Gasteiger partial charge on any atom is -0.367 e. The number of rotatable bonds is 2. The number of hydrogen-bond donors (Lipinski definition) is 1. The number of halogens is 3. The first-order valence-electron chi connectivity index (χ1n) is 6.03. The number of anilines is 1. The molecule has 3 nitrogen and oxygen atoms in total. The molecule has 0 aliphatic carbocycles. The molecule has 0 radical (unpaired) electrons. The molecule has 0 saturated heterocycles. The van der Waals surface area contributed by atoms with Crippen molar-refractivity contribution in [1.29, 1.82) is 0 Å². The van der Waals surface area contributed by atoms with Crippen molar-refractivity contribution in [2.75, 3.05) is 5.73 Å². The average Bonchev–Trinajstić information content (AvgIpc) is 2.81. The topological polar surface area (TPSA) is 52.0 Å². The Morgan fingerprint density at radius 1 is 1.00 bits per heavy atom. The van der Waals surface area contributed by atoms with E-state index in [0.29, 0.717) is 27.4 Å². The molecule has 2 aromatic carbocycles. The van der Waals surface area contributed by atoms with Crippen LogP contribution in [-0.2, 0) is 0 Å². The van der Waals surface area contributed by atoms with Crippen LogP contribution in [0.3, 0.4) is 0 Å². The van der Waals surface area contributed by atoms with Crippen molar-refractivity contribution in [2.45, 2.75) is 0 Å². The van der Waals surface area contributed by atoms with Crippen molar-refractivity contribution in [1.82, 2.24) is 5.16 Å². The molecule has 0 aliphatic rings. The van der Waals surface area contributed by atoms with E-state index in [-0.39, 0.29) is 10.9 Å². The molecule has 0 bridgehead atoms. The number of nitrogen functional groups attached to an aromatic ring is 1. The molecule has 6 heteroatoms. The summed E-state index contributed by atoms with van der Waals surface area (Å²) in [6.07, 6.45) is 0. The van der Waals surface area contributed by atoms with E-state index >= 15 is 0 Å². The smallest absolute Gasteiger partial charge is 0.230 e. The van der Waals surface area contributed by atoms with Gasteiger partial charge in [0.25, 0.3) is 0 Å². The van der Waals surface area contributed by atoms with Crippen LogP contribution in [-0.4, -0.2) is 5.16 Å². The zero-order chi connectivity index (χ0) is 15.0. The molecule has 0 saturated carbocycles. The fourth-order valence-electron chi connectivity index (χ4n) is 2.09. The lowest BCUT2D eigenvalue weighted by Crippen LogP contribution is -1.89. The van der Waals surface area contributed by atoms with Crippen molar-refractivity contribution in [3.05, 3.63) is 58.3 Å². The zero-order valence-electron chi connectivity index (χ0n) is 10.6. The Kier molecular flexibility index (Phi) is 3.57. The Morgan fingerprint density at radius 3 is 2.48 bits per heavy atom. The van der Waals surface area contributed by atoms with Crippen molar-refractivity contribution in [3.8, 4) is 22.4 Å². The van der Waals surface area contributed by atoms with E-state index in [1.165, 1.54) is 18.2 Å². The highest BCUT2D eigenvalue weighted by Crippen LogP contribution is 2.41. The van der Waals surface area contributed by atoms with Gasteiger partial charge in [-0.15, -0.1) is 0 Å². The van der Waals surface area contributed by atoms with Crippen LogP contribution in [0.4, 0.5) is 10.3 Å². The lowest BCUT2D eigenvalue weighted by molar-refractivity contribution is 0.439. The third kappa shape index (κ3) is 2.48. The fraction of sp³-hybridized carbons (Fsp3) is 0. The van der Waals surface area contributed by atoms with E-state index < -0.39 is 5.82 Å². The van der Waals surface area contributed by atoms with Gasteiger partial charge in [0.2, 0.25) is 5.88 Å². The highest BCUT2D eigenvalue weighted by atomic mass is 35.5. The van der Waals surface area contributed by atoms with E-state index in [0.717, 1.165) is 0 Å². The van der Waals surface area contributed by atoms with Crippen molar-refractivity contribution < 1.29 is 8.91 Å². The van der Waals surface area contributed by atoms with E-state index in [1.807, 2.05) is 6.07 Å². The summed E-state index contributed by atoms with van der Waals surface area (Å²) < 4.78 is 18.2. The SMILES string of the molecule is Nc1onc(-c2ccc(F)cc2Cl)c1-c1ccccc1Cl. The second kappa shape index (κ2) is 5.39. The molecular formula is C15H9Cl2FN2O. The Morgan fingerprint density at radius 2 is 1.76 bits per heavy atom. The minimum atomic E-state index is -0.431. The van der Waals surface area contributed by atoms with Crippen LogP contribution < -0.4 is 5.73 Å². The standard InChI is InChI=1S/C15H9Cl2FN2O/c16-11-4-2-1-3-9(11)13-14(20-21-15(13)19)10-6-5-8(18)7-12(10)17/h1-7H,19H2. The van der Waals surface area contributed by atoms with Gasteiger partial charge in [-0.1, -0.05) is 46.6 Å². The molecule has 21 heavy (non-hydrogen) atoms. The van der Waals surface area contributed by atoms with Crippen LogP contribution in [0.15, 0.2) is 47.0 Å². The molecule has 106 valence electrons. The molecule has 0 fully saturated rings. The molecule has 2 N–H and O–H groups in total. The summed E-state index contributed by atoms with van der Waals surface area (Å²) in [6.45, 7) is 0. The van der Waals surface area contributed by atoms with E-state index in [4.69, 9.17) is 33.5 Å². The monoisotopic (exact) mass is 322 g/mol. The Labute approximate surface area is 130 Å². The van der Waals surface area contributed by atoms with Gasteiger partial charge < -0.3 is 10.3 Å². The highest BCUT2D eigenvalue weighted by molar-refractivity contribution is 6.34. The summed E-state index contributed by atoms with van der Waals surface area (Å²) >= 11 is 12.3. The minimum absolute atomic E-state index is 0.124. The van der Waals surface area contributed by atoms with Crippen LogP contribution in [0.5, 0.6) is 0 Å². The van der Waals surface area contributed by atoms with Gasteiger partial charge in [0.1, 0.15) is 11.5 Å². The second-order valence-electron chi connectivity index (χ2n) is 4.37. The maximum atomic E-state index is 13.2. The maximum Gasteiger partial charge on any atom is 0.230 e. The summed E-state index contributed by atoms with van der Waals surface area (Å²) in [6, 6.07) is 11.2. The number of aromatic nitrogens is 1. The normalized spacial score (nSPS) is 10.8. The number of nitrogens with zero attached hydrogens (tertiary/aromatic N) is 1. The van der Waals surface area contributed by atoms with Gasteiger partial charge in [-0.25, -0.2) is 4.39 Å². The predicted octanol–water partition coefficient (Wildman–Crippen LogP) is 5.04. The quantitative estimate of drug-likeness (QED) is 0.719. The first kappa shape index (κ1) is 13.9. The lowest BCUT2D eigenvalue weighted by atomic mass is 10.0. The highest BCUT2D eigenvalue weighted by Gasteiger charge is 2.21. The van der Waals surface area contributed by atoms with Gasteiger partial charge in [-0.2, -0.15) is 0 Å². The predicted molar refractivity (Wildman–Crippen MR) is 81.8 cm³/mol. The van der Waals surface area contributed by atoms with E-state index in [2.05, 4.69) is 5.16 Å². The van der Waals surface area contributed by atoms with E-state index in [9.17, 15) is 4.39 Å². The molecular weight excluding hydrogens is 314 g/mol. The number of hydrogen-bond acceptors (Lipinski definition) is 3. The first-order chi connectivity index (χ1) is 10.1. The summed E-state index contributed by atoms with van der Waals surface area (Å²) in [4.78, 5) is 0. The Hall–Kier alpha value is -2.04. The van der Waals surface area contributed by atoms with Gasteiger partial charge in [0.05, 0.1) is 10.6 Å². The number of nitrogens with two attached hydrogens (primary N) is 1. The average molecular weight is 323 g/mol. The van der Waals surface area contributed by atoms with Gasteiger partial charge in [0, 0.05) is 16.1 Å². The Balaban J connectivity index is 2.25. The van der Waals surface area contributed by atoms with Crippen LogP contribution >= 0.6 is 23.2 Å². The third-order valence-electron chi connectivity index (χ3n) is 3.05. The molecule has 3 rings (SSSR count). The molecule has 1 aromatic heterocycles. The lowest BCUT2D eigenvalue weighted by Gasteiger charge is -2.06. The van der Waals surface area contributed by atoms with Crippen LogP contribution in [0.25, 0.3) is 22.4 Å². The van der Waals surface area contributed by atoms with Gasteiger partial charge >= 0.3 is 0 Å². The van der Waals surface area contributed by atoms with Gasteiger partial charge in [0.15, 0.2) is 0 Å². The summed E-state index contributed by atoms with van der Waals surface area (Å²) in [5.74, 6) is -0.307. The molecule has 0 atom stereocenters. The molecule has 0 aliphatic heterocycles. The largest absolute Gasteiger partial charge is 0.367 e. The van der Waals surface area contributed by atoms with Crippen LogP contribution in [0.2, 0.25) is 10.0 Å². The number of benzene rings is 2. The van der Waals surface area contributed by atoms with E-state index in [1.54, 1.807) is 18.2 Å². The van der Waals surface area contributed by atoms with Gasteiger partial charge in [-0.05, 0) is 24.3 Å². The van der Waals surface area contributed by atoms with Crippen molar-refractivity contribution in [2.24, 2.45) is 0 Å². The summed E-state index contributed by atoms with van der Waals surface area (Å²) in [5, 5.41) is 4.65. The van der Waals surface area contributed by atoms with Crippen molar-refractivity contribution in [3.63, 3.8) is 0 Å². The second-order valence-corrected chi connectivity index (χ2v) is 5.19. The molecule has 3 aromatic rings. The van der Waals surface area contributed by atoms with Crippen molar-refractivity contribution >= 4 is 29.1 Å². The molecule has 0 spiro atoms. The Bertz CT molecular complexity index is 817. The molecule has 1 heterocycles. The first-order valence-corrected chi connectivity index (χ1v) is 6.79. The summed E-state index contributed by atoms with van der Waals surface area (Å²) in [7, 11) is 0. The van der Waals surface area contributed by atoms with Crippen LogP contribution in [0, 0.1) is 5.82 Å². The molecule has 0 amide bonds. The zero-order valence-corrected chi connectivity index (χ0v) is 12.1. The maximum absolute atomic E-state index is 13.2. The van der Waals surface area contributed by atoms with Gasteiger partial charge in [-0.3, -0.25) is 0 Å². The molecule has 0 unspecified atom stereocenters.